The summed E-state index contributed by atoms with van der Waals surface area (Å²) in [6.45, 7) is 2.42. The van der Waals surface area contributed by atoms with Crippen molar-refractivity contribution in [2.45, 2.75) is 36.9 Å². The zero-order valence-electron chi connectivity index (χ0n) is 14.9. The van der Waals surface area contributed by atoms with Gasteiger partial charge in [-0.3, -0.25) is 0 Å². The van der Waals surface area contributed by atoms with Gasteiger partial charge in [0.2, 0.25) is 0 Å². The number of imidazole rings is 1. The van der Waals surface area contributed by atoms with Crippen molar-refractivity contribution in [1.29, 1.82) is 0 Å². The topological polar surface area (TPSA) is 76.5 Å². The molecule has 1 N–H and O–H groups in total. The summed E-state index contributed by atoms with van der Waals surface area (Å²) in [5.41, 5.74) is 0.870. The Morgan fingerprint density at radius 1 is 1.23 bits per heavy atom. The molecular weight excluding hydrogens is 352 g/mol. The van der Waals surface area contributed by atoms with E-state index in [-0.39, 0.29) is 11.1 Å². The molecule has 3 heterocycles. The number of sulfonamides is 1. The lowest BCUT2D eigenvalue weighted by atomic mass is 10.0. The van der Waals surface area contributed by atoms with Crippen LogP contribution in [-0.4, -0.2) is 49.0 Å². The van der Waals surface area contributed by atoms with E-state index in [4.69, 9.17) is 4.74 Å². The highest BCUT2D eigenvalue weighted by Crippen LogP contribution is 2.34. The van der Waals surface area contributed by atoms with Gasteiger partial charge in [-0.25, -0.2) is 13.4 Å². The van der Waals surface area contributed by atoms with Crippen molar-refractivity contribution in [3.63, 3.8) is 0 Å². The number of piperazine rings is 1. The van der Waals surface area contributed by atoms with Gasteiger partial charge in [0.15, 0.2) is 5.03 Å². The smallest absolute Gasteiger partial charge is 0.262 e. The molecule has 140 valence electrons. The van der Waals surface area contributed by atoms with Crippen LogP contribution in [0.5, 0.6) is 5.75 Å². The van der Waals surface area contributed by atoms with Crippen molar-refractivity contribution in [2.75, 3.05) is 26.7 Å². The minimum Gasteiger partial charge on any atom is -0.496 e. The van der Waals surface area contributed by atoms with E-state index in [9.17, 15) is 8.42 Å². The van der Waals surface area contributed by atoms with Gasteiger partial charge in [0, 0.05) is 44.4 Å². The summed E-state index contributed by atoms with van der Waals surface area (Å²) in [5, 5.41) is 3.46. The Kier molecular flexibility index (Phi) is 4.73. The first-order chi connectivity index (χ1) is 12.6. The van der Waals surface area contributed by atoms with Crippen LogP contribution in [0.25, 0.3) is 0 Å². The van der Waals surface area contributed by atoms with E-state index in [2.05, 4.69) is 10.3 Å². The molecule has 1 atom stereocenters. The van der Waals surface area contributed by atoms with E-state index in [1.165, 1.54) is 0 Å². The molecule has 0 spiro atoms. The number of rotatable bonds is 4. The van der Waals surface area contributed by atoms with Crippen molar-refractivity contribution in [3.05, 3.63) is 41.9 Å². The number of para-hydroxylation sites is 1. The van der Waals surface area contributed by atoms with Gasteiger partial charge in [-0.2, -0.15) is 4.31 Å². The van der Waals surface area contributed by atoms with Crippen molar-refractivity contribution < 1.29 is 13.2 Å². The van der Waals surface area contributed by atoms with Crippen molar-refractivity contribution >= 4 is 10.0 Å². The molecule has 8 heteroatoms. The third-order valence-corrected chi connectivity index (χ3v) is 6.93. The molecule has 4 rings (SSSR count). The highest BCUT2D eigenvalue weighted by molar-refractivity contribution is 7.89. The quantitative estimate of drug-likeness (QED) is 0.876. The standard InChI is InChI=1S/C18H24N4O3S/c1-25-16-7-3-2-6-14(16)15-12-19-9-11-22(15)26(23,24)18-13-21-10-5-4-8-17(21)20-18/h2-3,6-7,13,15,19H,4-5,8-12H2,1H3. The van der Waals surface area contributed by atoms with Crippen LogP contribution in [0.1, 0.15) is 30.3 Å². The predicted molar refractivity (Wildman–Crippen MR) is 97.7 cm³/mol. The van der Waals surface area contributed by atoms with E-state index in [0.717, 1.165) is 37.2 Å². The Labute approximate surface area is 154 Å². The average Bonchev–Trinajstić information content (AvgIpc) is 3.13. The van der Waals surface area contributed by atoms with E-state index >= 15 is 0 Å². The first kappa shape index (κ1) is 17.5. The average molecular weight is 376 g/mol. The fourth-order valence-electron chi connectivity index (χ4n) is 3.81. The summed E-state index contributed by atoms with van der Waals surface area (Å²) in [4.78, 5) is 4.45. The number of nitrogens with zero attached hydrogens (tertiary/aromatic N) is 3. The van der Waals surface area contributed by atoms with Crippen molar-refractivity contribution in [1.82, 2.24) is 19.2 Å². The Morgan fingerprint density at radius 2 is 2.08 bits per heavy atom. The van der Waals surface area contributed by atoms with Gasteiger partial charge in [0.05, 0.1) is 13.2 Å². The maximum absolute atomic E-state index is 13.4. The zero-order chi connectivity index (χ0) is 18.1. The van der Waals surface area contributed by atoms with Gasteiger partial charge in [0.25, 0.3) is 10.0 Å². The van der Waals surface area contributed by atoms with E-state index in [0.29, 0.717) is 25.4 Å². The van der Waals surface area contributed by atoms with E-state index < -0.39 is 10.0 Å². The van der Waals surface area contributed by atoms with Crippen LogP contribution in [0.4, 0.5) is 0 Å². The van der Waals surface area contributed by atoms with Gasteiger partial charge >= 0.3 is 0 Å². The molecule has 0 saturated carbocycles. The summed E-state index contributed by atoms with van der Waals surface area (Å²) in [6.07, 6.45) is 4.67. The summed E-state index contributed by atoms with van der Waals surface area (Å²) in [5.74, 6) is 1.57. The lowest BCUT2D eigenvalue weighted by Gasteiger charge is -2.35. The number of benzene rings is 1. The van der Waals surface area contributed by atoms with Gasteiger partial charge in [-0.1, -0.05) is 18.2 Å². The highest BCUT2D eigenvalue weighted by Gasteiger charge is 2.37. The molecule has 26 heavy (non-hydrogen) atoms. The van der Waals surface area contributed by atoms with Crippen molar-refractivity contribution in [2.24, 2.45) is 0 Å². The fourth-order valence-corrected chi connectivity index (χ4v) is 5.39. The van der Waals surface area contributed by atoms with Gasteiger partial charge < -0.3 is 14.6 Å². The molecule has 1 saturated heterocycles. The molecule has 0 radical (unpaired) electrons. The second-order valence-corrected chi connectivity index (χ2v) is 8.56. The van der Waals surface area contributed by atoms with Gasteiger partial charge in [-0.05, 0) is 18.9 Å². The van der Waals surface area contributed by atoms with Crippen molar-refractivity contribution in [3.8, 4) is 5.75 Å². The third-order valence-electron chi connectivity index (χ3n) is 5.15. The number of hydrogen-bond acceptors (Lipinski definition) is 5. The molecule has 1 aromatic carbocycles. The highest BCUT2D eigenvalue weighted by atomic mass is 32.2. The fraction of sp³-hybridized carbons (Fsp3) is 0.500. The lowest BCUT2D eigenvalue weighted by Crippen LogP contribution is -2.48. The molecule has 1 aromatic heterocycles. The molecule has 1 unspecified atom stereocenters. The third kappa shape index (κ3) is 3.02. The Morgan fingerprint density at radius 3 is 2.88 bits per heavy atom. The second-order valence-electron chi connectivity index (χ2n) is 6.72. The molecule has 2 aromatic rings. The van der Waals surface area contributed by atoms with Gasteiger partial charge in [0.1, 0.15) is 11.6 Å². The monoisotopic (exact) mass is 376 g/mol. The first-order valence-electron chi connectivity index (χ1n) is 9.03. The number of ether oxygens (including phenoxy) is 1. The number of aryl methyl sites for hydroxylation is 2. The Hall–Kier alpha value is -1.90. The number of aromatic nitrogens is 2. The minimum atomic E-state index is -3.67. The number of fused-ring (bicyclic) bond motifs is 1. The molecule has 1 fully saturated rings. The molecule has 2 aliphatic rings. The SMILES string of the molecule is COc1ccccc1C1CNCCN1S(=O)(=O)c1cn2c(n1)CCCC2. The maximum atomic E-state index is 13.4. The van der Waals surface area contributed by atoms with Crippen LogP contribution in [0.3, 0.4) is 0 Å². The summed E-state index contributed by atoms with van der Waals surface area (Å²) >= 11 is 0. The van der Waals surface area contributed by atoms with Crippen LogP contribution in [0.2, 0.25) is 0 Å². The lowest BCUT2D eigenvalue weighted by molar-refractivity contribution is 0.264. The largest absolute Gasteiger partial charge is 0.496 e. The number of methoxy groups -OCH3 is 1. The summed E-state index contributed by atoms with van der Waals surface area (Å²) in [7, 11) is -2.06. The molecule has 7 nitrogen and oxygen atoms in total. The van der Waals surface area contributed by atoms with Crippen LogP contribution < -0.4 is 10.1 Å². The zero-order valence-corrected chi connectivity index (χ0v) is 15.7. The Bertz CT molecular complexity index is 870. The van der Waals surface area contributed by atoms with E-state index in [1.54, 1.807) is 17.6 Å². The van der Waals surface area contributed by atoms with Crippen LogP contribution >= 0.6 is 0 Å². The van der Waals surface area contributed by atoms with Crippen LogP contribution in [0, 0.1) is 0 Å². The summed E-state index contributed by atoms with van der Waals surface area (Å²) < 4.78 is 35.8. The van der Waals surface area contributed by atoms with E-state index in [1.807, 2.05) is 28.8 Å². The summed E-state index contributed by atoms with van der Waals surface area (Å²) in [6, 6.07) is 7.28. The predicted octanol–water partition coefficient (Wildman–Crippen LogP) is 1.56. The molecule has 2 aliphatic heterocycles. The molecular formula is C18H24N4O3S. The molecule has 0 aliphatic carbocycles. The maximum Gasteiger partial charge on any atom is 0.262 e. The number of hydrogen-bond donors (Lipinski definition) is 1. The van der Waals surface area contributed by atoms with Crippen LogP contribution in [-0.2, 0) is 23.0 Å². The van der Waals surface area contributed by atoms with Gasteiger partial charge in [-0.15, -0.1) is 0 Å². The van der Waals surface area contributed by atoms with Crippen LogP contribution in [0.15, 0.2) is 35.5 Å². The minimum absolute atomic E-state index is 0.163. The molecule has 0 amide bonds. The normalized spacial score (nSPS) is 21.3. The molecule has 0 bridgehead atoms. The number of nitrogens with one attached hydrogen (secondary N) is 1. The Balaban J connectivity index is 1.72. The second kappa shape index (κ2) is 7.02. The first-order valence-corrected chi connectivity index (χ1v) is 10.5.